The van der Waals surface area contributed by atoms with Crippen LogP contribution in [0.1, 0.15) is 163 Å². The van der Waals surface area contributed by atoms with E-state index in [1.807, 2.05) is 25.1 Å². The zero-order valence-corrected chi connectivity index (χ0v) is 76.8. The van der Waals surface area contributed by atoms with Crippen LogP contribution in [0.5, 0.6) is 5.75 Å². The number of nitrogens with zero attached hydrogens (tertiary/aromatic N) is 4. The fourth-order valence-corrected chi connectivity index (χ4v) is 20.5. The Morgan fingerprint density at radius 2 is 1.39 bits per heavy atom. The van der Waals surface area contributed by atoms with Crippen molar-refractivity contribution >= 4 is 129 Å². The number of thioether (sulfide) groups is 2. The summed E-state index contributed by atoms with van der Waals surface area (Å²) in [6, 6.07) is 6.68. The van der Waals surface area contributed by atoms with Gasteiger partial charge in [-0.25, -0.2) is 18.2 Å². The highest BCUT2D eigenvalue weighted by Gasteiger charge is 2.46. The predicted octanol–water partition coefficient (Wildman–Crippen LogP) is 5.50. The molecule has 2 aromatic heterocycles. The minimum atomic E-state index is -2.05. The first-order valence-corrected chi connectivity index (χ1v) is 47.9. The van der Waals surface area contributed by atoms with Crippen LogP contribution in [-0.2, 0) is 109 Å². The first kappa shape index (κ1) is 102. The van der Waals surface area contributed by atoms with Crippen LogP contribution in [0.15, 0.2) is 126 Å². The van der Waals surface area contributed by atoms with E-state index in [2.05, 4.69) is 67.8 Å². The Hall–Kier alpha value is -12.3. The van der Waals surface area contributed by atoms with Crippen LogP contribution in [0.2, 0.25) is 0 Å². The Morgan fingerprint density at radius 1 is 0.716 bits per heavy atom. The first-order valence-electron chi connectivity index (χ1n) is 45.6. The molecule has 6 aromatic rings. The molecule has 39 heteroatoms. The number of carbonyl (C=O) groups is 15. The number of aliphatic carboxylic acids is 1. The number of unbranched alkanes of at least 4 members (excludes halogenated alkanes) is 1. The Kier molecular flexibility index (Phi) is 37.9. The lowest BCUT2D eigenvalue weighted by atomic mass is 9.75. The number of carboxylic acid groups (broad SMARTS) is 1. The molecule has 720 valence electrons. The average Bonchev–Trinajstić information content (AvgIpc) is 1.69. The van der Waals surface area contributed by atoms with Crippen molar-refractivity contribution in [2.24, 2.45) is 46.0 Å². The number of Topliss-reactive ketones (excluding diaryl/α,β-unsaturated/α-hetero) is 2. The molecule has 2 bridgehead atoms. The highest BCUT2D eigenvalue weighted by Crippen LogP contribution is 2.48. The normalized spacial score (nSPS) is 24.4. The van der Waals surface area contributed by atoms with Gasteiger partial charge in [0.05, 0.1) is 43.0 Å². The second-order valence-corrected chi connectivity index (χ2v) is 37.4. The van der Waals surface area contributed by atoms with Gasteiger partial charge in [0.1, 0.15) is 71.9 Å². The average molecular weight is 1890 g/mol. The number of aliphatic imine (C=N–C) groups is 1. The second-order valence-electron chi connectivity index (χ2n) is 35.4. The number of halogens is 3. The number of allylic oxidation sites excluding steroid dienone is 1. The second kappa shape index (κ2) is 49.6. The maximum Gasteiger partial charge on any atom is 0.305 e. The van der Waals surface area contributed by atoms with Crippen molar-refractivity contribution in [2.75, 3.05) is 38.2 Å². The van der Waals surface area contributed by atoms with Gasteiger partial charge in [0.25, 0.3) is 0 Å². The van der Waals surface area contributed by atoms with E-state index in [4.69, 9.17) is 11.5 Å². The van der Waals surface area contributed by atoms with Crippen molar-refractivity contribution in [2.45, 2.75) is 233 Å². The van der Waals surface area contributed by atoms with Crippen LogP contribution in [0.25, 0.3) is 10.9 Å². The fourth-order valence-electron chi connectivity index (χ4n) is 18.4. The topological polar surface area (TPSA) is 520 Å². The third kappa shape index (κ3) is 29.6. The summed E-state index contributed by atoms with van der Waals surface area (Å²) in [4.78, 5) is 237. The van der Waals surface area contributed by atoms with Crippen LogP contribution in [0.4, 0.5) is 13.2 Å². The third-order valence-electron chi connectivity index (χ3n) is 25.4. The SMILES string of the molecule is CCC[C@H](NC(C)=O)C(=O)C[C@H](CC1=CN=CC1)C(=O)N(C)[C@@H](Cc1ccc(F)cc1)C(=O)N[C@H]1CSCc2cccc(c2)CSC[C@@H](C(N)=O)CC(=O)[C@@H]2CCCN2C(=O)[C@H](Cc2ccc(O)cc2)NC(=O)[C@H](Cc2c[nH]cn2)NC(=O)[C@H](CC(=O)O)NC(=O)[C@H](CC2CCC3CCC(F)CC32)NC(=O)[C@H](Cc2c[nH]c3ccc(F)cc23)NC(=O)CNC(=O)[C@H](CCCCN)NC1=O. The quantitative estimate of drug-likeness (QED) is 0.0258. The number of hydrogen-bond acceptors (Lipinski definition) is 21. The number of nitrogens with two attached hydrogens (primary N) is 2. The summed E-state index contributed by atoms with van der Waals surface area (Å²) in [7, 11) is 1.36. The third-order valence-corrected chi connectivity index (χ3v) is 27.7. The van der Waals surface area contributed by atoms with Crippen LogP contribution in [-0.4, -0.2) is 234 Å². The van der Waals surface area contributed by atoms with E-state index in [0.717, 1.165) is 10.5 Å². The summed E-state index contributed by atoms with van der Waals surface area (Å²) in [5.74, 6) is -17.5. The number of carboxylic acids is 1. The molecule has 3 aliphatic heterocycles. The Labute approximate surface area is 782 Å². The van der Waals surface area contributed by atoms with E-state index < -0.39 is 217 Å². The highest BCUT2D eigenvalue weighted by molar-refractivity contribution is 7.98. The Balaban J connectivity index is 0.946. The lowest BCUT2D eigenvalue weighted by molar-refractivity contribution is -0.144. The molecule has 17 N–H and O–H groups in total. The molecular formula is C95H120F3N17O17S2. The number of carbonyl (C=O) groups excluding carboxylic acids is 14. The number of benzene rings is 4. The number of rotatable bonds is 29. The van der Waals surface area contributed by atoms with E-state index in [1.165, 1.54) is 128 Å². The smallest absolute Gasteiger partial charge is 0.305 e. The first-order chi connectivity index (χ1) is 64.3. The Morgan fingerprint density at radius 3 is 2.07 bits per heavy atom. The summed E-state index contributed by atoms with van der Waals surface area (Å²) in [5.41, 5.74) is 15.9. The summed E-state index contributed by atoms with van der Waals surface area (Å²) in [5, 5.41) is 45.3. The molecule has 11 rings (SSSR count). The molecule has 34 nitrogen and oxygen atoms in total. The largest absolute Gasteiger partial charge is 0.508 e. The lowest BCUT2D eigenvalue weighted by Crippen LogP contribution is -2.61. The minimum absolute atomic E-state index is 0.0215. The van der Waals surface area contributed by atoms with Gasteiger partial charge in [0.15, 0.2) is 11.6 Å². The number of aromatic nitrogens is 3. The number of aromatic amines is 2. The van der Waals surface area contributed by atoms with Crippen LogP contribution in [0, 0.1) is 41.2 Å². The monoisotopic (exact) mass is 1890 g/mol. The zero-order valence-electron chi connectivity index (χ0n) is 75.2. The maximum atomic E-state index is 15.6. The molecule has 5 heterocycles. The van der Waals surface area contributed by atoms with Gasteiger partial charge in [-0.1, -0.05) is 61.9 Å². The van der Waals surface area contributed by atoms with E-state index in [0.29, 0.717) is 79.1 Å². The molecular weight excluding hydrogens is 1770 g/mol. The van der Waals surface area contributed by atoms with E-state index >= 15 is 47.1 Å². The summed E-state index contributed by atoms with van der Waals surface area (Å²) in [6.45, 7) is 2.36. The molecule has 3 fully saturated rings. The molecule has 1 saturated heterocycles. The number of H-pyrrole nitrogens is 2. The van der Waals surface area contributed by atoms with Gasteiger partial charge < -0.3 is 89.3 Å². The van der Waals surface area contributed by atoms with Gasteiger partial charge in [-0.15, -0.1) is 0 Å². The standard InChI is InChI=1S/C95H120F3N17O17S2/c1-4-9-72(106-53(2)116)82(118)38-61(33-56-28-30-101-44-56)94(131)114(3)81(35-55-14-21-64(96)22-15-55)93(130)113-79-51-134-49-58-11-7-10-57(32-58)48-133-50-63(86(100)123)39-83(119)80-13-8-31-115(80)95(132)78(34-54-16-25-68(117)26-17-54)112-90(127)76(42-67-46-102-52-105-67)110-91(128)77(43-85(121)122)111-89(126)75(36-60-19-18-59-20-23-65(97)40-69(59)60)109-88(125)74(37-62-45-103-71-27-24-66(98)41-70(62)71)107-84(120)47-104-87(124)73(108-92(79)129)12-5-6-29-99/h7,10-11,14-17,21-22,24-27,30,32,41,44-46,52,59-61,63,65,69,72-81,103,117H,4-6,8-9,12-13,18-20,23,28-29,31,33-40,42-43,47-51,99H2,1-3H3,(H2,100,123)(H,102,105)(H,104,124)(H,106,116)(H,107,120)(H,108,129)(H,109,125)(H,110,128)(H,111,126)(H,112,127)(H,113,130)(H,121,122)/t59?,60?,61-,63-,65?,69?,72-,73-,74-,75-,76-,77-,78-,79-,80-,81-/m0/s1. The Bertz CT molecular complexity index is 5240. The molecule has 0 spiro atoms. The molecule has 5 aliphatic rings. The predicted molar refractivity (Wildman–Crippen MR) is 495 cm³/mol. The molecule has 4 aromatic carbocycles. The number of phenols is 1. The van der Waals surface area contributed by atoms with Crippen molar-refractivity contribution in [3.05, 3.63) is 167 Å². The van der Waals surface area contributed by atoms with Gasteiger partial charge in [-0.2, -0.15) is 23.5 Å². The number of likely N-dealkylation sites (N-methyl/N-ethyl adjacent to an activating group) is 1. The van der Waals surface area contributed by atoms with E-state index in [-0.39, 0.29) is 135 Å². The summed E-state index contributed by atoms with van der Waals surface area (Å²) in [6.07, 6.45) is 6.78. The molecule has 2 saturated carbocycles. The van der Waals surface area contributed by atoms with Crippen LogP contribution >= 0.6 is 23.5 Å². The number of amides is 12. The number of fused-ring (bicyclic) bond motifs is 5. The number of hydrogen-bond donors (Lipinski definition) is 15. The van der Waals surface area contributed by atoms with Crippen molar-refractivity contribution < 1.29 is 95.3 Å². The number of imidazole rings is 1. The van der Waals surface area contributed by atoms with E-state index in [1.54, 1.807) is 18.5 Å². The number of alkyl halides is 1. The maximum absolute atomic E-state index is 15.6. The van der Waals surface area contributed by atoms with Gasteiger partial charge in [0, 0.05) is 130 Å². The number of phenolic OH excluding ortho intramolecular Hbond substituents is 1. The van der Waals surface area contributed by atoms with Crippen LogP contribution in [0.3, 0.4) is 0 Å². The number of nitrogens with one attached hydrogen (secondary N) is 11. The van der Waals surface area contributed by atoms with Gasteiger partial charge in [-0.3, -0.25) is 76.9 Å². The van der Waals surface area contributed by atoms with Crippen molar-refractivity contribution in [1.82, 2.24) is 72.6 Å². The molecule has 4 unspecified atom stereocenters. The summed E-state index contributed by atoms with van der Waals surface area (Å²) >= 11 is 2.48. The molecule has 0 radical (unpaired) electrons. The zero-order chi connectivity index (χ0) is 96.2. The number of primary amides is 1. The van der Waals surface area contributed by atoms with Gasteiger partial charge in [-0.05, 0) is 184 Å². The molecule has 2 aliphatic carbocycles. The number of ketones is 2. The van der Waals surface area contributed by atoms with Gasteiger partial charge in [0.2, 0.25) is 70.9 Å². The van der Waals surface area contributed by atoms with Crippen molar-refractivity contribution in [1.29, 1.82) is 0 Å². The van der Waals surface area contributed by atoms with Crippen LogP contribution < -0.4 is 59.3 Å². The molecule has 16 atom stereocenters. The number of aromatic hydroxyl groups is 1. The minimum Gasteiger partial charge on any atom is -0.508 e. The highest BCUT2D eigenvalue weighted by atomic mass is 32.2. The molecule has 12 amide bonds. The van der Waals surface area contributed by atoms with Crippen molar-refractivity contribution in [3.8, 4) is 5.75 Å². The van der Waals surface area contributed by atoms with Crippen molar-refractivity contribution in [3.63, 3.8) is 0 Å². The summed E-state index contributed by atoms with van der Waals surface area (Å²) < 4.78 is 45.5. The fraction of sp³-hybridized carbons (Fsp3) is 0.505. The molecule has 134 heavy (non-hydrogen) atoms. The lowest BCUT2D eigenvalue weighted by Gasteiger charge is -2.33. The van der Waals surface area contributed by atoms with Gasteiger partial charge >= 0.3 is 5.97 Å². The van der Waals surface area contributed by atoms with E-state index in [9.17, 15) is 48.2 Å².